The number of hydrogen-bond acceptors (Lipinski definition) is 4. The van der Waals surface area contributed by atoms with Crippen molar-refractivity contribution in [1.29, 1.82) is 0 Å². The molecule has 1 fully saturated rings. The van der Waals surface area contributed by atoms with E-state index in [1.54, 1.807) is 12.4 Å². The van der Waals surface area contributed by atoms with Crippen LogP contribution in [0.1, 0.15) is 18.4 Å². The molecule has 2 heterocycles. The first-order valence-electron chi connectivity index (χ1n) is 6.00. The van der Waals surface area contributed by atoms with E-state index in [2.05, 4.69) is 10.3 Å². The van der Waals surface area contributed by atoms with Crippen LogP contribution in [0.4, 0.5) is 0 Å². The summed E-state index contributed by atoms with van der Waals surface area (Å²) in [6.07, 6.45) is 5.49. The topological polar surface area (TPSA) is 59.1 Å². The molecule has 1 saturated heterocycles. The lowest BCUT2D eigenvalue weighted by Gasteiger charge is -2.22. The molecular weight excluding hydrogens is 236 g/mol. The van der Waals surface area contributed by atoms with Gasteiger partial charge in [0.2, 0.25) is 0 Å². The van der Waals surface area contributed by atoms with Crippen LogP contribution in [0.5, 0.6) is 0 Å². The molecule has 1 aromatic rings. The van der Waals surface area contributed by atoms with E-state index in [0.717, 1.165) is 31.5 Å². The number of nitrogens with one attached hydrogen (secondary N) is 1. The van der Waals surface area contributed by atoms with Crippen molar-refractivity contribution in [2.75, 3.05) is 18.8 Å². The van der Waals surface area contributed by atoms with Crippen molar-refractivity contribution in [1.82, 2.24) is 10.3 Å². The van der Waals surface area contributed by atoms with Crippen molar-refractivity contribution in [2.24, 2.45) is 0 Å². The molecule has 0 aromatic carbocycles. The Balaban J connectivity index is 1.93. The molecule has 0 unspecified atom stereocenters. The van der Waals surface area contributed by atoms with Gasteiger partial charge in [0.05, 0.1) is 11.0 Å². The van der Waals surface area contributed by atoms with Crippen LogP contribution in [-0.4, -0.2) is 37.5 Å². The molecule has 0 bridgehead atoms. The largest absolute Gasteiger partial charge is 0.317 e. The third kappa shape index (κ3) is 3.51. The number of rotatable bonds is 4. The molecule has 1 N–H and O–H groups in total. The van der Waals surface area contributed by atoms with Gasteiger partial charge >= 0.3 is 0 Å². The molecule has 2 rings (SSSR count). The molecule has 4 nitrogen and oxygen atoms in total. The number of nitrogens with zero attached hydrogens (tertiary/aromatic N) is 1. The van der Waals surface area contributed by atoms with Crippen molar-refractivity contribution < 1.29 is 8.42 Å². The number of piperidine rings is 1. The second-order valence-electron chi connectivity index (χ2n) is 4.42. The van der Waals surface area contributed by atoms with Crippen molar-refractivity contribution >= 4 is 9.84 Å². The first-order chi connectivity index (χ1) is 8.18. The molecule has 0 atom stereocenters. The van der Waals surface area contributed by atoms with Crippen LogP contribution in [0.25, 0.3) is 0 Å². The second-order valence-corrected chi connectivity index (χ2v) is 6.82. The van der Waals surface area contributed by atoms with Crippen molar-refractivity contribution in [2.45, 2.75) is 24.5 Å². The second kappa shape index (κ2) is 5.60. The first-order valence-corrected chi connectivity index (χ1v) is 7.71. The smallest absolute Gasteiger partial charge is 0.153 e. The summed E-state index contributed by atoms with van der Waals surface area (Å²) in [5.74, 6) is 0.252. The Morgan fingerprint density at radius 2 is 1.88 bits per heavy atom. The number of pyridine rings is 1. The van der Waals surface area contributed by atoms with Gasteiger partial charge in [0.25, 0.3) is 0 Å². The van der Waals surface area contributed by atoms with Gasteiger partial charge in [0, 0.05) is 12.4 Å². The minimum Gasteiger partial charge on any atom is -0.317 e. The number of sulfone groups is 1. The van der Waals surface area contributed by atoms with Gasteiger partial charge in [-0.2, -0.15) is 0 Å². The molecule has 17 heavy (non-hydrogen) atoms. The van der Waals surface area contributed by atoms with Crippen LogP contribution in [0.2, 0.25) is 0 Å². The fraction of sp³-hybridized carbons (Fsp3) is 0.583. The van der Waals surface area contributed by atoms with Crippen LogP contribution in [0, 0.1) is 0 Å². The normalized spacial score (nSPS) is 18.1. The zero-order valence-corrected chi connectivity index (χ0v) is 10.6. The van der Waals surface area contributed by atoms with Gasteiger partial charge in [0.15, 0.2) is 9.84 Å². The van der Waals surface area contributed by atoms with Crippen LogP contribution < -0.4 is 5.32 Å². The lowest BCUT2D eigenvalue weighted by molar-refractivity contribution is 0.496. The highest BCUT2D eigenvalue weighted by atomic mass is 32.2. The third-order valence-corrected chi connectivity index (χ3v) is 5.48. The molecule has 1 aliphatic heterocycles. The Morgan fingerprint density at radius 1 is 1.24 bits per heavy atom. The van der Waals surface area contributed by atoms with Gasteiger partial charge < -0.3 is 5.32 Å². The summed E-state index contributed by atoms with van der Waals surface area (Å²) in [6, 6.07) is 3.75. The molecule has 1 aliphatic rings. The van der Waals surface area contributed by atoms with Gasteiger partial charge in [0.1, 0.15) is 0 Å². The maximum atomic E-state index is 12.1. The summed E-state index contributed by atoms with van der Waals surface area (Å²) in [5, 5.41) is 3.04. The van der Waals surface area contributed by atoms with E-state index in [9.17, 15) is 8.42 Å². The molecule has 0 amide bonds. The molecule has 0 aliphatic carbocycles. The highest BCUT2D eigenvalue weighted by Gasteiger charge is 2.26. The first kappa shape index (κ1) is 12.5. The summed E-state index contributed by atoms with van der Waals surface area (Å²) in [4.78, 5) is 3.92. The Hall–Kier alpha value is -0.940. The third-order valence-electron chi connectivity index (χ3n) is 3.22. The highest BCUT2D eigenvalue weighted by molar-refractivity contribution is 7.92. The number of aromatic nitrogens is 1. The number of hydrogen-bond donors (Lipinski definition) is 1. The van der Waals surface area contributed by atoms with Gasteiger partial charge in [-0.25, -0.2) is 8.42 Å². The van der Waals surface area contributed by atoms with E-state index in [-0.39, 0.29) is 11.0 Å². The minimum atomic E-state index is -2.94. The maximum Gasteiger partial charge on any atom is 0.153 e. The Kier molecular flexibility index (Phi) is 4.12. The lowest BCUT2D eigenvalue weighted by Crippen LogP contribution is -2.37. The predicted octanol–water partition coefficient (Wildman–Crippen LogP) is 0.791. The van der Waals surface area contributed by atoms with Crippen molar-refractivity contribution in [3.63, 3.8) is 0 Å². The van der Waals surface area contributed by atoms with E-state index in [4.69, 9.17) is 0 Å². The van der Waals surface area contributed by atoms with Gasteiger partial charge in [-0.05, 0) is 50.0 Å². The maximum absolute atomic E-state index is 12.1. The molecule has 0 radical (unpaired) electrons. The van der Waals surface area contributed by atoms with E-state index < -0.39 is 9.84 Å². The summed E-state index contributed by atoms with van der Waals surface area (Å²) in [7, 11) is -2.94. The summed E-state index contributed by atoms with van der Waals surface area (Å²) in [6.45, 7) is 1.64. The minimum absolute atomic E-state index is 0.148. The van der Waals surface area contributed by atoms with Crippen molar-refractivity contribution in [3.8, 4) is 0 Å². The van der Waals surface area contributed by atoms with Crippen LogP contribution in [0.15, 0.2) is 24.5 Å². The van der Waals surface area contributed by atoms with Crippen LogP contribution in [0.3, 0.4) is 0 Å². The molecule has 0 saturated carbocycles. The Labute approximate surface area is 102 Å². The number of aryl methyl sites for hydroxylation is 1. The summed E-state index contributed by atoms with van der Waals surface area (Å²) in [5.41, 5.74) is 1.04. The Bertz CT molecular complexity index is 439. The highest BCUT2D eigenvalue weighted by Crippen LogP contribution is 2.15. The summed E-state index contributed by atoms with van der Waals surface area (Å²) < 4.78 is 24.2. The molecule has 1 aromatic heterocycles. The van der Waals surface area contributed by atoms with Crippen LogP contribution >= 0.6 is 0 Å². The zero-order chi connectivity index (χ0) is 12.1. The SMILES string of the molecule is O=S(=O)(CCc1ccncc1)C1CCNCC1. The van der Waals surface area contributed by atoms with E-state index >= 15 is 0 Å². The average Bonchev–Trinajstić information content (AvgIpc) is 2.39. The molecular formula is C12H18N2O2S. The monoisotopic (exact) mass is 254 g/mol. The van der Waals surface area contributed by atoms with Gasteiger partial charge in [-0.15, -0.1) is 0 Å². The van der Waals surface area contributed by atoms with E-state index in [0.29, 0.717) is 6.42 Å². The molecule has 94 valence electrons. The van der Waals surface area contributed by atoms with E-state index in [1.807, 2.05) is 12.1 Å². The summed E-state index contributed by atoms with van der Waals surface area (Å²) >= 11 is 0. The Morgan fingerprint density at radius 3 is 2.53 bits per heavy atom. The predicted molar refractivity (Wildman–Crippen MR) is 67.6 cm³/mol. The fourth-order valence-electron chi connectivity index (χ4n) is 2.13. The lowest BCUT2D eigenvalue weighted by atomic mass is 10.2. The average molecular weight is 254 g/mol. The van der Waals surface area contributed by atoms with Crippen molar-refractivity contribution in [3.05, 3.63) is 30.1 Å². The molecule has 0 spiro atoms. The van der Waals surface area contributed by atoms with E-state index in [1.165, 1.54) is 0 Å². The van der Waals surface area contributed by atoms with Gasteiger partial charge in [-0.3, -0.25) is 4.98 Å². The zero-order valence-electron chi connectivity index (χ0n) is 9.80. The fourth-order valence-corrected chi connectivity index (χ4v) is 3.94. The quantitative estimate of drug-likeness (QED) is 0.863. The molecule has 5 heteroatoms. The van der Waals surface area contributed by atoms with Gasteiger partial charge in [-0.1, -0.05) is 0 Å². The standard InChI is InChI=1S/C12H18N2O2S/c15-17(16,12-3-8-14-9-4-12)10-5-11-1-6-13-7-2-11/h1-2,6-7,12,14H,3-5,8-10H2. The van der Waals surface area contributed by atoms with Crippen LogP contribution in [-0.2, 0) is 16.3 Å².